The Morgan fingerprint density at radius 2 is 1.69 bits per heavy atom. The monoisotopic (exact) mass is 414 g/mol. The van der Waals surface area contributed by atoms with Gasteiger partial charge in [0.05, 0.1) is 0 Å². The highest BCUT2D eigenvalue weighted by molar-refractivity contribution is 6.30. The predicted octanol–water partition coefficient (Wildman–Crippen LogP) is 0.0481. The molecule has 6 nitrogen and oxygen atoms in total. The van der Waals surface area contributed by atoms with Crippen LogP contribution in [0, 0.1) is 0 Å². The minimum Gasteiger partial charge on any atom is -0.322 e. The third-order valence-corrected chi connectivity index (χ3v) is 6.25. The predicted molar refractivity (Wildman–Crippen MR) is 111 cm³/mol. The summed E-state index contributed by atoms with van der Waals surface area (Å²) in [6.07, 6.45) is 0. The summed E-state index contributed by atoms with van der Waals surface area (Å²) in [6, 6.07) is 17.1. The summed E-state index contributed by atoms with van der Waals surface area (Å²) in [7, 11) is 0. The average molecular weight is 415 g/mol. The zero-order valence-corrected chi connectivity index (χ0v) is 17.3. The Morgan fingerprint density at radius 1 is 1.00 bits per heavy atom. The highest BCUT2D eigenvalue weighted by Crippen LogP contribution is 2.27. The van der Waals surface area contributed by atoms with E-state index in [1.807, 2.05) is 48.5 Å². The lowest BCUT2D eigenvalue weighted by molar-refractivity contribution is -1.02. The van der Waals surface area contributed by atoms with Crippen LogP contribution in [0.5, 0.6) is 0 Å². The molecule has 29 heavy (non-hydrogen) atoms. The van der Waals surface area contributed by atoms with Crippen LogP contribution >= 0.6 is 11.6 Å². The molecule has 0 saturated carbocycles. The second-order valence-electron chi connectivity index (χ2n) is 8.12. The van der Waals surface area contributed by atoms with Gasteiger partial charge in [-0.2, -0.15) is 0 Å². The number of carbonyl (C=O) groups excluding carboxylic acids is 2. The zero-order valence-electron chi connectivity index (χ0n) is 16.6. The summed E-state index contributed by atoms with van der Waals surface area (Å²) >= 11 is 6.09. The molecule has 0 unspecified atom stereocenters. The Bertz CT molecular complexity index is 899. The first-order valence-corrected chi connectivity index (χ1v) is 10.4. The number of amides is 3. The third kappa shape index (κ3) is 4.15. The molecule has 2 aliphatic rings. The molecule has 3 amide bonds. The van der Waals surface area contributed by atoms with E-state index in [0.717, 1.165) is 43.3 Å². The molecule has 2 fully saturated rings. The summed E-state index contributed by atoms with van der Waals surface area (Å²) in [5, 5.41) is 3.66. The molecule has 2 aromatic carbocycles. The molecule has 0 radical (unpaired) electrons. The first kappa shape index (κ1) is 19.9. The summed E-state index contributed by atoms with van der Waals surface area (Å²) in [6.45, 7) is 7.00. The first-order chi connectivity index (χ1) is 14.0. The van der Waals surface area contributed by atoms with Crippen molar-refractivity contribution in [3.05, 3.63) is 70.7 Å². The van der Waals surface area contributed by atoms with Crippen LogP contribution in [0.3, 0.4) is 0 Å². The van der Waals surface area contributed by atoms with Crippen LogP contribution in [0.2, 0.25) is 5.02 Å². The fourth-order valence-electron chi connectivity index (χ4n) is 4.26. The fourth-order valence-corrected chi connectivity index (χ4v) is 4.47. The van der Waals surface area contributed by atoms with Gasteiger partial charge in [-0.3, -0.25) is 4.79 Å². The maximum absolute atomic E-state index is 13.1. The van der Waals surface area contributed by atoms with Gasteiger partial charge in [-0.15, -0.1) is 0 Å². The number of rotatable bonds is 5. The van der Waals surface area contributed by atoms with Crippen molar-refractivity contribution >= 4 is 23.5 Å². The van der Waals surface area contributed by atoms with E-state index in [9.17, 15) is 9.59 Å². The van der Waals surface area contributed by atoms with Gasteiger partial charge in [0.1, 0.15) is 38.3 Å². The maximum Gasteiger partial charge on any atom is 0.329 e. The molecule has 1 atom stereocenters. The molecule has 2 heterocycles. The minimum atomic E-state index is -0.989. The topological polar surface area (TPSA) is 58.3 Å². The molecule has 3 N–H and O–H groups in total. The molecule has 2 saturated heterocycles. The molecule has 0 bridgehead atoms. The van der Waals surface area contributed by atoms with E-state index in [4.69, 9.17) is 11.6 Å². The third-order valence-electron chi connectivity index (χ3n) is 6.02. The number of imide groups is 1. The normalized spacial score (nSPS) is 27.2. The van der Waals surface area contributed by atoms with Gasteiger partial charge >= 0.3 is 6.03 Å². The Hall–Kier alpha value is -2.41. The highest BCUT2D eigenvalue weighted by Gasteiger charge is 2.50. The van der Waals surface area contributed by atoms with Gasteiger partial charge in [0, 0.05) is 10.6 Å². The molecular weight excluding hydrogens is 388 g/mol. The Labute approximate surface area is 176 Å². The number of hydrogen-bond acceptors (Lipinski definition) is 2. The smallest absolute Gasteiger partial charge is 0.322 e. The van der Waals surface area contributed by atoms with Crippen LogP contribution in [0.25, 0.3) is 0 Å². The van der Waals surface area contributed by atoms with Crippen molar-refractivity contribution in [3.63, 3.8) is 0 Å². The van der Waals surface area contributed by atoms with E-state index in [2.05, 4.69) is 11.4 Å². The van der Waals surface area contributed by atoms with Crippen molar-refractivity contribution in [1.29, 1.82) is 0 Å². The lowest BCUT2D eigenvalue weighted by Gasteiger charge is -2.31. The number of carbonyl (C=O) groups is 2. The van der Waals surface area contributed by atoms with Crippen LogP contribution in [0.1, 0.15) is 18.1 Å². The number of hydrogen-bond donors (Lipinski definition) is 3. The minimum absolute atomic E-state index is 0.171. The quantitative estimate of drug-likeness (QED) is 0.605. The highest BCUT2D eigenvalue weighted by atomic mass is 35.5. The van der Waals surface area contributed by atoms with E-state index < -0.39 is 5.54 Å². The molecule has 0 aliphatic carbocycles. The van der Waals surface area contributed by atoms with Gasteiger partial charge in [0.25, 0.3) is 5.91 Å². The van der Waals surface area contributed by atoms with Gasteiger partial charge in [-0.25, -0.2) is 9.69 Å². The summed E-state index contributed by atoms with van der Waals surface area (Å²) < 4.78 is 0. The first-order valence-electron chi connectivity index (χ1n) is 10.1. The molecular formula is C22H27ClN4O2+2. The average Bonchev–Trinajstić information content (AvgIpc) is 2.94. The molecule has 0 spiro atoms. The molecule has 152 valence electrons. The second kappa shape index (κ2) is 8.14. The zero-order chi connectivity index (χ0) is 20.4. The SMILES string of the molecule is C[C@]1(c2ccccc2)NC(=O)N(C[NH+]2CC[NH+](Cc3cccc(Cl)c3)CC2)C1=O. The van der Waals surface area contributed by atoms with Crippen LogP contribution in [0.4, 0.5) is 4.79 Å². The maximum atomic E-state index is 13.1. The molecule has 2 aromatic rings. The molecule has 2 aliphatic heterocycles. The van der Waals surface area contributed by atoms with Crippen LogP contribution < -0.4 is 15.1 Å². The Balaban J connectivity index is 1.35. The molecule has 7 heteroatoms. The van der Waals surface area contributed by atoms with Crippen molar-refractivity contribution in [2.24, 2.45) is 0 Å². The van der Waals surface area contributed by atoms with Gasteiger partial charge in [0.2, 0.25) is 0 Å². The number of nitrogens with one attached hydrogen (secondary N) is 3. The van der Waals surface area contributed by atoms with E-state index in [-0.39, 0.29) is 11.9 Å². The number of halogens is 1. The second-order valence-corrected chi connectivity index (χ2v) is 8.56. The van der Waals surface area contributed by atoms with Gasteiger partial charge in [-0.1, -0.05) is 54.1 Å². The van der Waals surface area contributed by atoms with Crippen molar-refractivity contribution in [2.75, 3.05) is 32.8 Å². The standard InChI is InChI=1S/C22H25ClN4O2/c1-22(18-7-3-2-4-8-18)20(28)27(21(29)24-22)16-26-12-10-25(11-13-26)15-17-6-5-9-19(23)14-17/h2-9,14H,10-13,15-16H2,1H3,(H,24,29)/p+2/t22-/m1/s1. The lowest BCUT2D eigenvalue weighted by Crippen LogP contribution is -3.28. The summed E-state index contributed by atoms with van der Waals surface area (Å²) in [5.74, 6) is -0.171. The number of piperazine rings is 1. The van der Waals surface area contributed by atoms with Gasteiger partial charge in [-0.05, 0) is 24.6 Å². The van der Waals surface area contributed by atoms with Crippen molar-refractivity contribution in [1.82, 2.24) is 10.2 Å². The number of nitrogens with zero attached hydrogens (tertiary/aromatic N) is 1. The van der Waals surface area contributed by atoms with E-state index in [1.54, 1.807) is 6.92 Å². The number of urea groups is 1. The van der Waals surface area contributed by atoms with Crippen LogP contribution in [-0.2, 0) is 16.9 Å². The molecule has 0 aromatic heterocycles. The van der Waals surface area contributed by atoms with E-state index >= 15 is 0 Å². The number of quaternary nitrogens is 2. The van der Waals surface area contributed by atoms with Crippen molar-refractivity contribution < 1.29 is 19.4 Å². The summed E-state index contributed by atoms with van der Waals surface area (Å²) in [5.41, 5.74) is 1.06. The van der Waals surface area contributed by atoms with Crippen LogP contribution in [0.15, 0.2) is 54.6 Å². The number of benzene rings is 2. The fraction of sp³-hybridized carbons (Fsp3) is 0.364. The summed E-state index contributed by atoms with van der Waals surface area (Å²) in [4.78, 5) is 29.8. The van der Waals surface area contributed by atoms with E-state index in [0.29, 0.717) is 6.67 Å². The van der Waals surface area contributed by atoms with E-state index in [1.165, 1.54) is 20.3 Å². The van der Waals surface area contributed by atoms with Gasteiger partial charge < -0.3 is 15.1 Å². The molecule has 4 rings (SSSR count). The van der Waals surface area contributed by atoms with Gasteiger partial charge in [0.15, 0.2) is 6.67 Å². The van der Waals surface area contributed by atoms with Crippen molar-refractivity contribution in [3.8, 4) is 0 Å². The Morgan fingerprint density at radius 3 is 2.38 bits per heavy atom. The lowest BCUT2D eigenvalue weighted by atomic mass is 9.92. The largest absolute Gasteiger partial charge is 0.329 e. The van der Waals surface area contributed by atoms with Crippen molar-refractivity contribution in [2.45, 2.75) is 19.0 Å². The van der Waals surface area contributed by atoms with Crippen LogP contribution in [-0.4, -0.2) is 49.7 Å². The Kier molecular flexibility index (Phi) is 5.58.